The Labute approximate surface area is 151 Å². The molecule has 0 fully saturated rings. The summed E-state index contributed by atoms with van der Waals surface area (Å²) < 4.78 is -0.756. The Hall–Kier alpha value is -1.16. The summed E-state index contributed by atoms with van der Waals surface area (Å²) in [6, 6.07) is 8.16. The van der Waals surface area contributed by atoms with Gasteiger partial charge in [0, 0.05) is 17.1 Å². The van der Waals surface area contributed by atoms with E-state index in [0.717, 1.165) is 17.1 Å². The zero-order valence-corrected chi connectivity index (χ0v) is 16.4. The summed E-state index contributed by atoms with van der Waals surface area (Å²) >= 11 is 1.47. The van der Waals surface area contributed by atoms with Crippen LogP contribution in [0, 0.1) is 5.92 Å². The highest BCUT2D eigenvalue weighted by atomic mass is 32.2. The maximum absolute atomic E-state index is 11.8. The van der Waals surface area contributed by atoms with Gasteiger partial charge in [-0.25, -0.2) is 0 Å². The van der Waals surface area contributed by atoms with Crippen molar-refractivity contribution in [3.63, 3.8) is 0 Å². The predicted octanol–water partition coefficient (Wildman–Crippen LogP) is 6.05. The van der Waals surface area contributed by atoms with E-state index in [1.54, 1.807) is 0 Å². The van der Waals surface area contributed by atoms with Gasteiger partial charge in [-0.15, -0.1) is 11.8 Å². The SMILES string of the molecule is CCCCCCCNc1ccc(SC(CC)(C(=O)O)C(C)C)cc1. The molecule has 0 aliphatic carbocycles. The van der Waals surface area contributed by atoms with Crippen LogP contribution in [0.5, 0.6) is 0 Å². The Morgan fingerprint density at radius 3 is 2.25 bits per heavy atom. The average molecular weight is 352 g/mol. The van der Waals surface area contributed by atoms with Crippen molar-refractivity contribution in [2.24, 2.45) is 5.92 Å². The van der Waals surface area contributed by atoms with Crippen molar-refractivity contribution in [3.8, 4) is 0 Å². The molecule has 0 aliphatic rings. The first kappa shape index (κ1) is 20.9. The second-order valence-corrected chi connectivity index (χ2v) is 8.07. The van der Waals surface area contributed by atoms with E-state index in [2.05, 4.69) is 24.4 Å². The number of anilines is 1. The van der Waals surface area contributed by atoms with Crippen LogP contribution in [0.4, 0.5) is 5.69 Å². The Morgan fingerprint density at radius 1 is 1.12 bits per heavy atom. The van der Waals surface area contributed by atoms with Gasteiger partial charge in [-0.05, 0) is 43.0 Å². The molecule has 0 radical (unpaired) electrons. The Balaban J connectivity index is 2.56. The standard InChI is InChI=1S/C20H33NO2S/c1-5-7-8-9-10-15-21-17-11-13-18(14-12-17)24-20(6-2,16(3)4)19(22)23/h11-14,16,21H,5-10,15H2,1-4H3,(H,22,23). The van der Waals surface area contributed by atoms with E-state index < -0.39 is 10.7 Å². The Kier molecular flexibility index (Phi) is 9.27. The van der Waals surface area contributed by atoms with Gasteiger partial charge in [0.15, 0.2) is 0 Å². The zero-order valence-electron chi connectivity index (χ0n) is 15.6. The number of benzene rings is 1. The molecule has 0 saturated carbocycles. The van der Waals surface area contributed by atoms with Gasteiger partial charge in [0.25, 0.3) is 0 Å². The lowest BCUT2D eigenvalue weighted by atomic mass is 9.92. The van der Waals surface area contributed by atoms with Gasteiger partial charge in [0.2, 0.25) is 0 Å². The first-order valence-corrected chi connectivity index (χ1v) is 10.0. The molecule has 0 heterocycles. The molecule has 0 aromatic heterocycles. The molecule has 0 bridgehead atoms. The molecule has 0 aliphatic heterocycles. The van der Waals surface area contributed by atoms with Crippen LogP contribution in [0.25, 0.3) is 0 Å². The third kappa shape index (κ3) is 6.04. The molecule has 0 saturated heterocycles. The van der Waals surface area contributed by atoms with E-state index in [0.29, 0.717) is 6.42 Å². The summed E-state index contributed by atoms with van der Waals surface area (Å²) in [5.74, 6) is -0.648. The average Bonchev–Trinajstić information content (AvgIpc) is 2.56. The fraction of sp³-hybridized carbons (Fsp3) is 0.650. The summed E-state index contributed by atoms with van der Waals surface area (Å²) in [5.41, 5.74) is 1.11. The van der Waals surface area contributed by atoms with Crippen molar-refractivity contribution in [3.05, 3.63) is 24.3 Å². The van der Waals surface area contributed by atoms with E-state index in [1.165, 1.54) is 43.9 Å². The number of unbranched alkanes of at least 4 members (excludes halogenated alkanes) is 4. The van der Waals surface area contributed by atoms with E-state index in [4.69, 9.17) is 0 Å². The molecular weight excluding hydrogens is 318 g/mol. The summed E-state index contributed by atoms with van der Waals surface area (Å²) in [6.45, 7) is 9.15. The molecule has 1 aromatic rings. The van der Waals surface area contributed by atoms with Gasteiger partial charge < -0.3 is 10.4 Å². The number of carboxylic acid groups (broad SMARTS) is 1. The highest BCUT2D eigenvalue weighted by molar-refractivity contribution is 8.01. The van der Waals surface area contributed by atoms with Crippen molar-refractivity contribution >= 4 is 23.4 Å². The highest BCUT2D eigenvalue weighted by Gasteiger charge is 2.41. The first-order chi connectivity index (χ1) is 11.5. The van der Waals surface area contributed by atoms with Crippen LogP contribution >= 0.6 is 11.8 Å². The van der Waals surface area contributed by atoms with Crippen molar-refractivity contribution in [1.82, 2.24) is 0 Å². The molecule has 1 unspecified atom stereocenters. The fourth-order valence-corrected chi connectivity index (χ4v) is 4.01. The number of hydrogen-bond acceptors (Lipinski definition) is 3. The number of rotatable bonds is 12. The van der Waals surface area contributed by atoms with Gasteiger partial charge in [-0.2, -0.15) is 0 Å². The molecule has 1 aromatic carbocycles. The van der Waals surface area contributed by atoms with Crippen LogP contribution in [0.1, 0.15) is 66.2 Å². The van der Waals surface area contributed by atoms with Crippen molar-refractivity contribution in [2.75, 3.05) is 11.9 Å². The Morgan fingerprint density at radius 2 is 1.75 bits per heavy atom. The lowest BCUT2D eigenvalue weighted by molar-refractivity contribution is -0.141. The molecular formula is C20H33NO2S. The van der Waals surface area contributed by atoms with Crippen LogP contribution < -0.4 is 5.32 Å². The van der Waals surface area contributed by atoms with Crippen molar-refractivity contribution < 1.29 is 9.90 Å². The smallest absolute Gasteiger partial charge is 0.320 e. The monoisotopic (exact) mass is 351 g/mol. The van der Waals surface area contributed by atoms with Crippen LogP contribution in [-0.4, -0.2) is 22.4 Å². The molecule has 0 amide bonds. The number of carbonyl (C=O) groups is 1. The maximum atomic E-state index is 11.8. The van der Waals surface area contributed by atoms with Gasteiger partial charge in [-0.1, -0.05) is 53.4 Å². The molecule has 0 spiro atoms. The van der Waals surface area contributed by atoms with E-state index in [-0.39, 0.29) is 5.92 Å². The largest absolute Gasteiger partial charge is 0.480 e. The third-order valence-corrected chi connectivity index (χ3v) is 6.39. The number of nitrogens with one attached hydrogen (secondary N) is 1. The van der Waals surface area contributed by atoms with Crippen LogP contribution in [0.3, 0.4) is 0 Å². The van der Waals surface area contributed by atoms with Crippen molar-refractivity contribution in [1.29, 1.82) is 0 Å². The summed E-state index contributed by atoms with van der Waals surface area (Å²) in [7, 11) is 0. The molecule has 4 heteroatoms. The van der Waals surface area contributed by atoms with E-state index in [9.17, 15) is 9.90 Å². The second kappa shape index (κ2) is 10.7. The minimum absolute atomic E-state index is 0.0749. The van der Waals surface area contributed by atoms with Crippen LogP contribution in [0.2, 0.25) is 0 Å². The molecule has 1 rings (SSSR count). The highest BCUT2D eigenvalue weighted by Crippen LogP contribution is 2.41. The van der Waals surface area contributed by atoms with E-state index >= 15 is 0 Å². The summed E-state index contributed by atoms with van der Waals surface area (Å²) in [6.07, 6.45) is 7.01. The molecule has 1 atom stereocenters. The normalized spacial score (nSPS) is 13.7. The van der Waals surface area contributed by atoms with Gasteiger partial charge >= 0.3 is 5.97 Å². The third-order valence-electron chi connectivity index (χ3n) is 4.58. The molecule has 3 nitrogen and oxygen atoms in total. The summed E-state index contributed by atoms with van der Waals surface area (Å²) in [4.78, 5) is 12.8. The second-order valence-electron chi connectivity index (χ2n) is 6.67. The lowest BCUT2D eigenvalue weighted by Gasteiger charge is -2.31. The van der Waals surface area contributed by atoms with Crippen LogP contribution in [-0.2, 0) is 4.79 Å². The van der Waals surface area contributed by atoms with Crippen LogP contribution in [0.15, 0.2) is 29.2 Å². The fourth-order valence-electron chi connectivity index (χ4n) is 2.85. The number of hydrogen-bond donors (Lipinski definition) is 2. The molecule has 2 N–H and O–H groups in total. The number of thioether (sulfide) groups is 1. The zero-order chi connectivity index (χ0) is 18.0. The minimum atomic E-state index is -0.756. The van der Waals surface area contributed by atoms with Gasteiger partial charge in [0.1, 0.15) is 4.75 Å². The van der Waals surface area contributed by atoms with Gasteiger partial charge in [-0.3, -0.25) is 4.79 Å². The minimum Gasteiger partial charge on any atom is -0.480 e. The lowest BCUT2D eigenvalue weighted by Crippen LogP contribution is -2.39. The van der Waals surface area contributed by atoms with Gasteiger partial charge in [0.05, 0.1) is 0 Å². The van der Waals surface area contributed by atoms with Crippen molar-refractivity contribution in [2.45, 2.75) is 75.9 Å². The first-order valence-electron chi connectivity index (χ1n) is 9.22. The Bertz CT molecular complexity index is 487. The predicted molar refractivity (Wildman–Crippen MR) is 105 cm³/mol. The maximum Gasteiger partial charge on any atom is 0.320 e. The quantitative estimate of drug-likeness (QED) is 0.355. The topological polar surface area (TPSA) is 49.3 Å². The number of aliphatic carboxylic acids is 1. The van der Waals surface area contributed by atoms with E-state index in [1.807, 2.05) is 32.9 Å². The molecule has 136 valence electrons. The molecule has 24 heavy (non-hydrogen) atoms. The number of carboxylic acids is 1. The summed E-state index contributed by atoms with van der Waals surface area (Å²) in [5, 5.41) is 13.1.